The second-order valence-corrected chi connectivity index (χ2v) is 5.73. The Bertz CT molecular complexity index is 386. The molecule has 2 nitrogen and oxygen atoms in total. The lowest BCUT2D eigenvalue weighted by Crippen LogP contribution is -2.20. The molecule has 100 valence electrons. The predicted molar refractivity (Wildman–Crippen MR) is 76.3 cm³/mol. The summed E-state index contributed by atoms with van der Waals surface area (Å²) in [5.41, 5.74) is 6.96. The van der Waals surface area contributed by atoms with E-state index in [1.165, 1.54) is 24.8 Å². The van der Waals surface area contributed by atoms with Crippen LogP contribution in [0.2, 0.25) is 5.02 Å². The summed E-state index contributed by atoms with van der Waals surface area (Å²) in [5.74, 6) is 0.817. The maximum Gasteiger partial charge on any atom is 0.138 e. The zero-order valence-corrected chi connectivity index (χ0v) is 11.7. The normalized spacial score (nSPS) is 18.6. The SMILES string of the molecule is CC(N)Cc1ccc(OC2CCCCC2)c(Cl)c1. The Hall–Kier alpha value is -0.730. The van der Waals surface area contributed by atoms with Gasteiger partial charge in [-0.1, -0.05) is 24.1 Å². The first-order chi connectivity index (χ1) is 8.65. The van der Waals surface area contributed by atoms with Crippen LogP contribution in [0.3, 0.4) is 0 Å². The van der Waals surface area contributed by atoms with Crippen molar-refractivity contribution < 1.29 is 4.74 Å². The number of hydrogen-bond acceptors (Lipinski definition) is 2. The van der Waals surface area contributed by atoms with Gasteiger partial charge in [-0.15, -0.1) is 0 Å². The van der Waals surface area contributed by atoms with E-state index >= 15 is 0 Å². The zero-order chi connectivity index (χ0) is 13.0. The van der Waals surface area contributed by atoms with Gasteiger partial charge in [-0.05, 0) is 56.7 Å². The van der Waals surface area contributed by atoms with Crippen LogP contribution in [0.25, 0.3) is 0 Å². The molecule has 2 rings (SSSR count). The van der Waals surface area contributed by atoms with Gasteiger partial charge in [0.15, 0.2) is 0 Å². The highest BCUT2D eigenvalue weighted by atomic mass is 35.5. The van der Waals surface area contributed by atoms with Gasteiger partial charge in [-0.2, -0.15) is 0 Å². The molecule has 3 heteroatoms. The number of rotatable bonds is 4. The second kappa shape index (κ2) is 6.44. The average Bonchev–Trinajstić information content (AvgIpc) is 2.33. The maximum atomic E-state index is 6.27. The fourth-order valence-corrected chi connectivity index (χ4v) is 2.75. The van der Waals surface area contributed by atoms with E-state index in [2.05, 4.69) is 6.07 Å². The fourth-order valence-electron chi connectivity index (χ4n) is 2.50. The first-order valence-corrected chi connectivity index (χ1v) is 7.23. The van der Waals surface area contributed by atoms with Gasteiger partial charge in [0.25, 0.3) is 0 Å². The third kappa shape index (κ3) is 3.89. The summed E-state index contributed by atoms with van der Waals surface area (Å²) in [7, 11) is 0. The van der Waals surface area contributed by atoms with E-state index in [4.69, 9.17) is 22.1 Å². The molecular formula is C15H22ClNO. The molecule has 0 saturated heterocycles. The minimum atomic E-state index is 0.158. The van der Waals surface area contributed by atoms with Crippen molar-refractivity contribution in [1.82, 2.24) is 0 Å². The quantitative estimate of drug-likeness (QED) is 0.897. The van der Waals surface area contributed by atoms with Crippen molar-refractivity contribution in [3.63, 3.8) is 0 Å². The molecule has 1 aromatic rings. The Morgan fingerprint density at radius 1 is 1.33 bits per heavy atom. The third-order valence-corrected chi connectivity index (χ3v) is 3.70. The predicted octanol–water partition coefficient (Wildman–Crippen LogP) is 3.94. The molecule has 0 spiro atoms. The van der Waals surface area contributed by atoms with Crippen LogP contribution in [0.15, 0.2) is 18.2 Å². The molecule has 1 unspecified atom stereocenters. The van der Waals surface area contributed by atoms with E-state index in [0.29, 0.717) is 11.1 Å². The van der Waals surface area contributed by atoms with E-state index in [1.807, 2.05) is 19.1 Å². The summed E-state index contributed by atoms with van der Waals surface area (Å²) in [6.07, 6.45) is 7.37. The van der Waals surface area contributed by atoms with Crippen LogP contribution in [-0.4, -0.2) is 12.1 Å². The van der Waals surface area contributed by atoms with Crippen molar-refractivity contribution in [3.8, 4) is 5.75 Å². The Morgan fingerprint density at radius 3 is 2.67 bits per heavy atom. The zero-order valence-electron chi connectivity index (χ0n) is 11.0. The van der Waals surface area contributed by atoms with Crippen LogP contribution in [0.1, 0.15) is 44.6 Å². The summed E-state index contributed by atoms with van der Waals surface area (Å²) in [6, 6.07) is 6.18. The molecule has 1 aliphatic carbocycles. The number of nitrogens with two attached hydrogens (primary N) is 1. The smallest absolute Gasteiger partial charge is 0.138 e. The van der Waals surface area contributed by atoms with E-state index in [0.717, 1.165) is 25.0 Å². The van der Waals surface area contributed by atoms with E-state index in [1.54, 1.807) is 0 Å². The van der Waals surface area contributed by atoms with Crippen molar-refractivity contribution in [2.24, 2.45) is 5.73 Å². The highest BCUT2D eigenvalue weighted by Gasteiger charge is 2.16. The summed E-state index contributed by atoms with van der Waals surface area (Å²) in [6.45, 7) is 2.00. The monoisotopic (exact) mass is 267 g/mol. The van der Waals surface area contributed by atoms with Crippen LogP contribution in [0, 0.1) is 0 Å². The Labute approximate surface area is 114 Å². The molecule has 1 aromatic carbocycles. The van der Waals surface area contributed by atoms with E-state index < -0.39 is 0 Å². The molecule has 2 N–H and O–H groups in total. The van der Waals surface area contributed by atoms with Gasteiger partial charge in [0.2, 0.25) is 0 Å². The minimum absolute atomic E-state index is 0.158. The summed E-state index contributed by atoms with van der Waals surface area (Å²) in [4.78, 5) is 0. The number of halogens is 1. The average molecular weight is 268 g/mol. The lowest BCUT2D eigenvalue weighted by molar-refractivity contribution is 0.155. The van der Waals surface area contributed by atoms with Gasteiger partial charge in [-0.3, -0.25) is 0 Å². The molecule has 0 aromatic heterocycles. The van der Waals surface area contributed by atoms with Gasteiger partial charge in [-0.25, -0.2) is 0 Å². The summed E-state index contributed by atoms with van der Waals surface area (Å²) in [5, 5.41) is 0.707. The Morgan fingerprint density at radius 2 is 2.06 bits per heavy atom. The number of benzene rings is 1. The van der Waals surface area contributed by atoms with Crippen molar-refractivity contribution >= 4 is 11.6 Å². The van der Waals surface area contributed by atoms with Crippen LogP contribution < -0.4 is 10.5 Å². The molecule has 0 bridgehead atoms. The minimum Gasteiger partial charge on any atom is -0.489 e. The van der Waals surface area contributed by atoms with Crippen LogP contribution in [0.5, 0.6) is 5.75 Å². The summed E-state index contributed by atoms with van der Waals surface area (Å²) >= 11 is 6.27. The second-order valence-electron chi connectivity index (χ2n) is 5.32. The molecule has 0 radical (unpaired) electrons. The third-order valence-electron chi connectivity index (χ3n) is 3.40. The van der Waals surface area contributed by atoms with Crippen LogP contribution >= 0.6 is 11.6 Å². The molecule has 0 aliphatic heterocycles. The first-order valence-electron chi connectivity index (χ1n) is 6.86. The largest absolute Gasteiger partial charge is 0.489 e. The Kier molecular flexibility index (Phi) is 4.90. The standard InChI is InChI=1S/C15H22ClNO/c1-11(17)9-12-7-8-15(14(16)10-12)18-13-5-3-2-4-6-13/h7-8,10-11,13H,2-6,9,17H2,1H3. The Balaban J connectivity index is 2.00. The summed E-state index contributed by atoms with van der Waals surface area (Å²) < 4.78 is 5.98. The fraction of sp³-hybridized carbons (Fsp3) is 0.600. The van der Waals surface area contributed by atoms with Crippen molar-refractivity contribution in [1.29, 1.82) is 0 Å². The van der Waals surface area contributed by atoms with Crippen molar-refractivity contribution in [3.05, 3.63) is 28.8 Å². The highest BCUT2D eigenvalue weighted by molar-refractivity contribution is 6.32. The molecule has 0 amide bonds. The molecule has 1 saturated carbocycles. The van der Waals surface area contributed by atoms with Crippen molar-refractivity contribution in [2.75, 3.05) is 0 Å². The molecule has 18 heavy (non-hydrogen) atoms. The van der Waals surface area contributed by atoms with Crippen LogP contribution in [0.4, 0.5) is 0 Å². The lowest BCUT2D eigenvalue weighted by Gasteiger charge is -2.23. The van der Waals surface area contributed by atoms with Gasteiger partial charge < -0.3 is 10.5 Å². The maximum absolute atomic E-state index is 6.27. The van der Waals surface area contributed by atoms with Gasteiger partial charge >= 0.3 is 0 Å². The van der Waals surface area contributed by atoms with E-state index in [-0.39, 0.29) is 6.04 Å². The highest BCUT2D eigenvalue weighted by Crippen LogP contribution is 2.30. The van der Waals surface area contributed by atoms with Gasteiger partial charge in [0.05, 0.1) is 11.1 Å². The van der Waals surface area contributed by atoms with Crippen molar-refractivity contribution in [2.45, 2.75) is 57.6 Å². The number of hydrogen-bond donors (Lipinski definition) is 1. The van der Waals surface area contributed by atoms with Gasteiger partial charge in [0.1, 0.15) is 5.75 Å². The molecule has 1 fully saturated rings. The first kappa shape index (κ1) is 13.7. The molecule has 1 atom stereocenters. The molecular weight excluding hydrogens is 246 g/mol. The number of ether oxygens (including phenoxy) is 1. The lowest BCUT2D eigenvalue weighted by atomic mass is 9.98. The topological polar surface area (TPSA) is 35.2 Å². The molecule has 0 heterocycles. The van der Waals surface area contributed by atoms with E-state index in [9.17, 15) is 0 Å². The van der Waals surface area contributed by atoms with Crippen LogP contribution in [-0.2, 0) is 6.42 Å². The molecule has 1 aliphatic rings. The van der Waals surface area contributed by atoms with Gasteiger partial charge in [0, 0.05) is 6.04 Å².